The van der Waals surface area contributed by atoms with Gasteiger partial charge in [-0.05, 0) is 33.8 Å². The topological polar surface area (TPSA) is 49.8 Å². The number of pyridine rings is 1. The Morgan fingerprint density at radius 2 is 1.75 bits per heavy atom. The molecular formula is C14H22BNO4. The van der Waals surface area contributed by atoms with E-state index in [-0.39, 0.29) is 11.2 Å². The van der Waals surface area contributed by atoms with Gasteiger partial charge in [-0.3, -0.25) is 4.98 Å². The summed E-state index contributed by atoms with van der Waals surface area (Å²) in [5.74, 6) is 0.680. The predicted octanol–water partition coefficient (Wildman–Crippen LogP) is 1.54. The van der Waals surface area contributed by atoms with Gasteiger partial charge in [0.1, 0.15) is 11.4 Å². The maximum Gasteiger partial charge on any atom is 0.496 e. The Kier molecular flexibility index (Phi) is 4.09. The van der Waals surface area contributed by atoms with Crippen LogP contribution in [0.1, 0.15) is 33.4 Å². The van der Waals surface area contributed by atoms with Crippen LogP contribution < -0.4 is 10.2 Å². The van der Waals surface area contributed by atoms with Crippen LogP contribution in [0.5, 0.6) is 5.75 Å². The molecule has 1 saturated heterocycles. The second kappa shape index (κ2) is 5.35. The Hall–Kier alpha value is -1.11. The van der Waals surface area contributed by atoms with Crippen LogP contribution in [0.2, 0.25) is 0 Å². The Morgan fingerprint density at radius 1 is 1.15 bits per heavy atom. The Balaban J connectivity index is 2.27. The van der Waals surface area contributed by atoms with Crippen molar-refractivity contribution in [1.29, 1.82) is 0 Å². The van der Waals surface area contributed by atoms with Crippen LogP contribution in [-0.4, -0.2) is 37.5 Å². The van der Waals surface area contributed by atoms with Crippen molar-refractivity contribution < 1.29 is 18.8 Å². The first-order chi connectivity index (χ1) is 9.30. The van der Waals surface area contributed by atoms with Gasteiger partial charge in [0.15, 0.2) is 0 Å². The SMILES string of the molecule is COCc1ncc(B2OC(C)(C)C(C)(C)O2)cc1OC. The summed E-state index contributed by atoms with van der Waals surface area (Å²) in [6.07, 6.45) is 1.75. The van der Waals surface area contributed by atoms with Gasteiger partial charge in [0.05, 0.1) is 24.9 Å². The summed E-state index contributed by atoms with van der Waals surface area (Å²) >= 11 is 0. The van der Waals surface area contributed by atoms with Gasteiger partial charge in [0.25, 0.3) is 0 Å². The minimum Gasteiger partial charge on any atom is -0.495 e. The van der Waals surface area contributed by atoms with Crippen LogP contribution in [0.4, 0.5) is 0 Å². The second-order valence-corrected chi connectivity index (χ2v) is 5.94. The molecule has 0 bridgehead atoms. The lowest BCUT2D eigenvalue weighted by Crippen LogP contribution is -2.41. The Bertz CT molecular complexity index is 474. The van der Waals surface area contributed by atoms with Crippen molar-refractivity contribution in [2.45, 2.75) is 45.5 Å². The largest absolute Gasteiger partial charge is 0.496 e. The molecule has 0 spiro atoms. The lowest BCUT2D eigenvalue weighted by atomic mass is 9.80. The Labute approximate surface area is 120 Å². The first-order valence-electron chi connectivity index (χ1n) is 6.68. The first-order valence-corrected chi connectivity index (χ1v) is 6.68. The van der Waals surface area contributed by atoms with E-state index in [2.05, 4.69) is 4.98 Å². The molecule has 20 heavy (non-hydrogen) atoms. The molecule has 0 saturated carbocycles. The lowest BCUT2D eigenvalue weighted by molar-refractivity contribution is 0.00578. The molecule has 2 rings (SSSR count). The molecule has 1 fully saturated rings. The summed E-state index contributed by atoms with van der Waals surface area (Å²) in [5.41, 5.74) is 0.877. The van der Waals surface area contributed by atoms with Gasteiger partial charge in [-0.15, -0.1) is 0 Å². The standard InChI is InChI=1S/C14H22BNO4/c1-13(2)14(3,4)20-15(19-13)10-7-12(18-6)11(9-17-5)16-8-10/h7-8H,9H2,1-6H3. The minimum absolute atomic E-state index is 0.365. The molecule has 0 atom stereocenters. The fraction of sp³-hybridized carbons (Fsp3) is 0.643. The average Bonchev–Trinajstić information content (AvgIpc) is 2.59. The summed E-state index contributed by atoms with van der Waals surface area (Å²) < 4.78 is 22.4. The molecule has 1 aromatic heterocycles. The van der Waals surface area contributed by atoms with Crippen molar-refractivity contribution in [3.8, 4) is 5.75 Å². The van der Waals surface area contributed by atoms with Crippen molar-refractivity contribution in [2.75, 3.05) is 14.2 Å². The molecule has 0 aliphatic carbocycles. The summed E-state index contributed by atoms with van der Waals surface area (Å²) in [7, 11) is 2.81. The van der Waals surface area contributed by atoms with Gasteiger partial charge in [-0.2, -0.15) is 0 Å². The van der Waals surface area contributed by atoms with Crippen LogP contribution in [0.25, 0.3) is 0 Å². The number of hydrogen-bond acceptors (Lipinski definition) is 5. The van der Waals surface area contributed by atoms with Crippen LogP contribution >= 0.6 is 0 Å². The molecule has 0 N–H and O–H groups in total. The summed E-state index contributed by atoms with van der Waals surface area (Å²) in [6.45, 7) is 8.51. The highest BCUT2D eigenvalue weighted by molar-refractivity contribution is 6.62. The van der Waals surface area contributed by atoms with E-state index in [1.54, 1.807) is 20.4 Å². The molecule has 1 aromatic rings. The van der Waals surface area contributed by atoms with Crippen LogP contribution in [0, 0.1) is 0 Å². The smallest absolute Gasteiger partial charge is 0.495 e. The number of methoxy groups -OCH3 is 2. The van der Waals surface area contributed by atoms with Crippen molar-refractivity contribution in [3.05, 3.63) is 18.0 Å². The van der Waals surface area contributed by atoms with Gasteiger partial charge >= 0.3 is 7.12 Å². The lowest BCUT2D eigenvalue weighted by Gasteiger charge is -2.32. The van der Waals surface area contributed by atoms with E-state index in [1.165, 1.54) is 0 Å². The molecule has 0 aromatic carbocycles. The van der Waals surface area contributed by atoms with E-state index in [9.17, 15) is 0 Å². The minimum atomic E-state index is -0.432. The summed E-state index contributed by atoms with van der Waals surface area (Å²) in [5, 5.41) is 0. The van der Waals surface area contributed by atoms with E-state index in [4.69, 9.17) is 18.8 Å². The van der Waals surface area contributed by atoms with Gasteiger partial charge in [0.2, 0.25) is 0 Å². The number of ether oxygens (including phenoxy) is 2. The fourth-order valence-electron chi connectivity index (χ4n) is 2.02. The maximum atomic E-state index is 6.00. The van der Waals surface area contributed by atoms with E-state index in [0.717, 1.165) is 11.2 Å². The van der Waals surface area contributed by atoms with Crippen LogP contribution in [0.15, 0.2) is 12.3 Å². The van der Waals surface area contributed by atoms with Gasteiger partial charge < -0.3 is 18.8 Å². The molecule has 5 nitrogen and oxygen atoms in total. The van der Waals surface area contributed by atoms with E-state index in [0.29, 0.717) is 12.4 Å². The highest BCUT2D eigenvalue weighted by Crippen LogP contribution is 2.36. The van der Waals surface area contributed by atoms with Gasteiger partial charge in [-0.25, -0.2) is 0 Å². The summed E-state index contributed by atoms with van der Waals surface area (Å²) in [4.78, 5) is 4.37. The monoisotopic (exact) mass is 279 g/mol. The summed E-state index contributed by atoms with van der Waals surface area (Å²) in [6, 6.07) is 1.89. The molecule has 1 aliphatic heterocycles. The van der Waals surface area contributed by atoms with Crippen molar-refractivity contribution in [1.82, 2.24) is 4.98 Å². The van der Waals surface area contributed by atoms with Crippen LogP contribution in [0.3, 0.4) is 0 Å². The zero-order valence-corrected chi connectivity index (χ0v) is 13.0. The van der Waals surface area contributed by atoms with E-state index < -0.39 is 7.12 Å². The molecule has 1 aliphatic rings. The normalized spacial score (nSPS) is 20.2. The van der Waals surface area contributed by atoms with Crippen molar-refractivity contribution in [2.24, 2.45) is 0 Å². The highest BCUT2D eigenvalue weighted by Gasteiger charge is 2.51. The predicted molar refractivity (Wildman–Crippen MR) is 77.2 cm³/mol. The number of hydrogen-bond donors (Lipinski definition) is 0. The number of rotatable bonds is 4. The van der Waals surface area contributed by atoms with Crippen LogP contribution in [-0.2, 0) is 20.7 Å². The molecule has 0 unspecified atom stereocenters. The van der Waals surface area contributed by atoms with Crippen molar-refractivity contribution in [3.63, 3.8) is 0 Å². The molecule has 2 heterocycles. The number of nitrogens with zero attached hydrogens (tertiary/aromatic N) is 1. The first kappa shape index (κ1) is 15.3. The van der Waals surface area contributed by atoms with Crippen molar-refractivity contribution >= 4 is 12.6 Å². The third-order valence-electron chi connectivity index (χ3n) is 3.98. The highest BCUT2D eigenvalue weighted by atomic mass is 16.7. The van der Waals surface area contributed by atoms with E-state index in [1.807, 2.05) is 33.8 Å². The zero-order chi connectivity index (χ0) is 15.0. The molecular weight excluding hydrogens is 257 g/mol. The fourth-order valence-corrected chi connectivity index (χ4v) is 2.02. The second-order valence-electron chi connectivity index (χ2n) is 5.94. The molecule has 6 heteroatoms. The quantitative estimate of drug-likeness (QED) is 0.782. The molecule has 110 valence electrons. The average molecular weight is 279 g/mol. The van der Waals surface area contributed by atoms with E-state index >= 15 is 0 Å². The van der Waals surface area contributed by atoms with Gasteiger partial charge in [0, 0.05) is 18.8 Å². The Morgan fingerprint density at radius 3 is 2.25 bits per heavy atom. The third kappa shape index (κ3) is 2.68. The molecule has 0 amide bonds. The third-order valence-corrected chi connectivity index (χ3v) is 3.98. The zero-order valence-electron chi connectivity index (χ0n) is 13.0. The number of aromatic nitrogens is 1. The maximum absolute atomic E-state index is 6.00. The molecule has 0 radical (unpaired) electrons. The van der Waals surface area contributed by atoms with Gasteiger partial charge in [-0.1, -0.05) is 0 Å².